The molecule has 5 nitrogen and oxygen atoms in total. The molecule has 0 bridgehead atoms. The lowest BCUT2D eigenvalue weighted by atomic mass is 10.2. The molecule has 0 saturated carbocycles. The first-order valence-electron chi connectivity index (χ1n) is 5.70. The van der Waals surface area contributed by atoms with Crippen molar-refractivity contribution in [3.63, 3.8) is 0 Å². The second-order valence-electron chi connectivity index (χ2n) is 3.80. The summed E-state index contributed by atoms with van der Waals surface area (Å²) in [5.74, 6) is -0.881. The van der Waals surface area contributed by atoms with Crippen molar-refractivity contribution in [2.75, 3.05) is 18.0 Å². The van der Waals surface area contributed by atoms with Crippen LogP contribution in [0.5, 0.6) is 0 Å². The average Bonchev–Trinajstić information content (AvgIpc) is 2.34. The number of carboxylic acids is 1. The van der Waals surface area contributed by atoms with Crippen molar-refractivity contribution >= 4 is 11.7 Å². The minimum absolute atomic E-state index is 0.0707. The molecule has 0 aromatic carbocycles. The minimum Gasteiger partial charge on any atom is -0.480 e. The molecule has 0 atom stereocenters. The predicted molar refractivity (Wildman–Crippen MR) is 64.9 cm³/mol. The van der Waals surface area contributed by atoms with Crippen LogP contribution in [0.25, 0.3) is 0 Å². The van der Waals surface area contributed by atoms with Crippen LogP contribution in [0.1, 0.15) is 25.5 Å². The van der Waals surface area contributed by atoms with Crippen LogP contribution in [-0.2, 0) is 11.4 Å². The summed E-state index contributed by atoms with van der Waals surface area (Å²) in [6.07, 6.45) is 3.49. The van der Waals surface area contributed by atoms with Gasteiger partial charge in [0, 0.05) is 12.7 Å². The Hall–Kier alpha value is -1.62. The summed E-state index contributed by atoms with van der Waals surface area (Å²) in [7, 11) is 0. The molecule has 0 spiro atoms. The molecule has 0 unspecified atom stereocenters. The number of rotatable bonds is 7. The number of aliphatic hydroxyl groups is 1. The van der Waals surface area contributed by atoms with Gasteiger partial charge in [0.2, 0.25) is 0 Å². The third-order valence-electron chi connectivity index (χ3n) is 2.46. The summed E-state index contributed by atoms with van der Waals surface area (Å²) >= 11 is 0. The van der Waals surface area contributed by atoms with E-state index in [2.05, 4.69) is 11.9 Å². The van der Waals surface area contributed by atoms with Gasteiger partial charge in [-0.05, 0) is 18.6 Å². The summed E-state index contributed by atoms with van der Waals surface area (Å²) in [5.41, 5.74) is 1.22. The number of carboxylic acid groups (broad SMARTS) is 1. The zero-order valence-electron chi connectivity index (χ0n) is 9.96. The standard InChI is InChI=1S/C12H18N2O3/c1-2-3-7-14(8-12(16)17)11-5-4-6-13-10(11)9-15/h4-6,15H,2-3,7-9H2,1H3,(H,16,17). The number of aliphatic carboxylic acids is 1. The normalized spacial score (nSPS) is 10.2. The van der Waals surface area contributed by atoms with Crippen LogP contribution >= 0.6 is 0 Å². The van der Waals surface area contributed by atoms with Gasteiger partial charge >= 0.3 is 5.97 Å². The lowest BCUT2D eigenvalue weighted by Crippen LogP contribution is -2.31. The number of anilines is 1. The molecule has 1 heterocycles. The Morgan fingerprint density at radius 2 is 2.29 bits per heavy atom. The maximum Gasteiger partial charge on any atom is 0.323 e. The van der Waals surface area contributed by atoms with Gasteiger partial charge in [0.25, 0.3) is 0 Å². The van der Waals surface area contributed by atoms with Gasteiger partial charge in [-0.15, -0.1) is 0 Å². The molecule has 0 aliphatic carbocycles. The molecule has 5 heteroatoms. The van der Waals surface area contributed by atoms with E-state index in [0.717, 1.165) is 12.8 Å². The van der Waals surface area contributed by atoms with Gasteiger partial charge in [0.15, 0.2) is 0 Å². The Balaban J connectivity index is 2.90. The van der Waals surface area contributed by atoms with Crippen molar-refractivity contribution in [2.24, 2.45) is 0 Å². The van der Waals surface area contributed by atoms with E-state index in [0.29, 0.717) is 17.9 Å². The van der Waals surface area contributed by atoms with Crippen LogP contribution in [0, 0.1) is 0 Å². The zero-order valence-corrected chi connectivity index (χ0v) is 9.96. The Bertz CT molecular complexity index is 369. The molecule has 1 aromatic heterocycles. The Morgan fingerprint density at radius 1 is 1.53 bits per heavy atom. The quantitative estimate of drug-likeness (QED) is 0.748. The summed E-state index contributed by atoms with van der Waals surface area (Å²) in [4.78, 5) is 16.6. The molecular formula is C12H18N2O3. The summed E-state index contributed by atoms with van der Waals surface area (Å²) in [6.45, 7) is 2.45. The van der Waals surface area contributed by atoms with Gasteiger partial charge in [-0.25, -0.2) is 0 Å². The topological polar surface area (TPSA) is 73.7 Å². The van der Waals surface area contributed by atoms with E-state index < -0.39 is 5.97 Å². The molecule has 0 aliphatic rings. The molecule has 0 saturated heterocycles. The van der Waals surface area contributed by atoms with Gasteiger partial charge in [0.1, 0.15) is 6.54 Å². The molecule has 0 fully saturated rings. The second kappa shape index (κ2) is 6.85. The summed E-state index contributed by atoms with van der Waals surface area (Å²) < 4.78 is 0. The highest BCUT2D eigenvalue weighted by molar-refractivity contribution is 5.74. The Labute approximate surface area is 101 Å². The van der Waals surface area contributed by atoms with Gasteiger partial charge in [-0.1, -0.05) is 13.3 Å². The smallest absolute Gasteiger partial charge is 0.323 e. The van der Waals surface area contributed by atoms with E-state index in [1.165, 1.54) is 0 Å². The van der Waals surface area contributed by atoms with E-state index in [4.69, 9.17) is 5.11 Å². The first-order valence-corrected chi connectivity index (χ1v) is 5.70. The molecule has 1 rings (SSSR count). The third kappa shape index (κ3) is 4.03. The highest BCUT2D eigenvalue weighted by atomic mass is 16.4. The van der Waals surface area contributed by atoms with Gasteiger partial charge < -0.3 is 15.1 Å². The predicted octanol–water partition coefficient (Wildman–Crippen LogP) is 1.27. The van der Waals surface area contributed by atoms with Crippen LogP contribution in [-0.4, -0.2) is 34.3 Å². The molecule has 1 aromatic rings. The second-order valence-corrected chi connectivity index (χ2v) is 3.80. The lowest BCUT2D eigenvalue weighted by molar-refractivity contribution is -0.135. The van der Waals surface area contributed by atoms with Crippen LogP contribution < -0.4 is 4.90 Å². The average molecular weight is 238 g/mol. The van der Waals surface area contributed by atoms with Crippen molar-refractivity contribution < 1.29 is 15.0 Å². The number of hydrogen-bond donors (Lipinski definition) is 2. The van der Waals surface area contributed by atoms with Crippen LogP contribution in [0.2, 0.25) is 0 Å². The largest absolute Gasteiger partial charge is 0.480 e. The maximum atomic E-state index is 10.8. The van der Waals surface area contributed by atoms with Crippen LogP contribution in [0.15, 0.2) is 18.3 Å². The molecule has 0 radical (unpaired) electrons. The number of carbonyl (C=O) groups is 1. The number of aliphatic hydroxyl groups excluding tert-OH is 1. The third-order valence-corrected chi connectivity index (χ3v) is 2.46. The Kier molecular flexibility index (Phi) is 5.42. The molecule has 2 N–H and O–H groups in total. The summed E-state index contributed by atoms with van der Waals surface area (Å²) in [5, 5.41) is 18.1. The number of aromatic nitrogens is 1. The van der Waals surface area contributed by atoms with Crippen LogP contribution in [0.4, 0.5) is 5.69 Å². The Morgan fingerprint density at radius 3 is 2.88 bits per heavy atom. The molecular weight excluding hydrogens is 220 g/mol. The molecule has 94 valence electrons. The van der Waals surface area contributed by atoms with E-state index in [9.17, 15) is 9.90 Å². The van der Waals surface area contributed by atoms with E-state index in [-0.39, 0.29) is 13.2 Å². The van der Waals surface area contributed by atoms with E-state index in [1.54, 1.807) is 23.2 Å². The minimum atomic E-state index is -0.881. The van der Waals surface area contributed by atoms with E-state index >= 15 is 0 Å². The lowest BCUT2D eigenvalue weighted by Gasteiger charge is -2.24. The van der Waals surface area contributed by atoms with Gasteiger partial charge in [-0.2, -0.15) is 0 Å². The highest BCUT2D eigenvalue weighted by Gasteiger charge is 2.13. The zero-order chi connectivity index (χ0) is 12.7. The van der Waals surface area contributed by atoms with Crippen molar-refractivity contribution in [3.8, 4) is 0 Å². The summed E-state index contributed by atoms with van der Waals surface area (Å²) in [6, 6.07) is 3.53. The molecule has 17 heavy (non-hydrogen) atoms. The number of hydrogen-bond acceptors (Lipinski definition) is 4. The fourth-order valence-corrected chi connectivity index (χ4v) is 1.64. The van der Waals surface area contributed by atoms with Crippen molar-refractivity contribution in [3.05, 3.63) is 24.0 Å². The fourth-order valence-electron chi connectivity index (χ4n) is 1.64. The van der Waals surface area contributed by atoms with E-state index in [1.807, 2.05) is 0 Å². The maximum absolute atomic E-state index is 10.8. The number of unbranched alkanes of at least 4 members (excludes halogenated alkanes) is 1. The monoisotopic (exact) mass is 238 g/mol. The number of nitrogens with zero attached hydrogens (tertiary/aromatic N) is 2. The molecule has 0 amide bonds. The SMILES string of the molecule is CCCCN(CC(=O)O)c1cccnc1CO. The van der Waals surface area contributed by atoms with Crippen LogP contribution in [0.3, 0.4) is 0 Å². The van der Waals surface area contributed by atoms with Crippen molar-refractivity contribution in [1.29, 1.82) is 0 Å². The van der Waals surface area contributed by atoms with Gasteiger partial charge in [0.05, 0.1) is 18.0 Å². The van der Waals surface area contributed by atoms with Crippen molar-refractivity contribution in [1.82, 2.24) is 4.98 Å². The first-order chi connectivity index (χ1) is 8.19. The van der Waals surface area contributed by atoms with Gasteiger partial charge in [-0.3, -0.25) is 9.78 Å². The van der Waals surface area contributed by atoms with Crippen molar-refractivity contribution in [2.45, 2.75) is 26.4 Å². The molecule has 0 aliphatic heterocycles. The fraction of sp³-hybridized carbons (Fsp3) is 0.500. The first kappa shape index (κ1) is 13.4. The highest BCUT2D eigenvalue weighted by Crippen LogP contribution is 2.18. The number of pyridine rings is 1.